The summed E-state index contributed by atoms with van der Waals surface area (Å²) < 4.78 is 45.7. The zero-order valence-electron chi connectivity index (χ0n) is 20.6. The molecule has 0 N–H and O–H groups in total. The number of piperazine rings is 1. The topological polar surface area (TPSA) is 78.6 Å². The molecule has 5 rings (SSSR count). The highest BCUT2D eigenvalue weighted by molar-refractivity contribution is 5.92. The van der Waals surface area contributed by atoms with Crippen LogP contribution in [-0.4, -0.2) is 64.2 Å². The van der Waals surface area contributed by atoms with Gasteiger partial charge in [-0.3, -0.25) is 9.88 Å². The number of aromatic nitrogens is 3. The molecule has 0 atom stereocenters. The largest absolute Gasteiger partial charge is 0.415 e. The van der Waals surface area contributed by atoms with Crippen LogP contribution in [0.3, 0.4) is 0 Å². The molecule has 0 saturated carbocycles. The van der Waals surface area contributed by atoms with E-state index in [2.05, 4.69) is 20.1 Å². The van der Waals surface area contributed by atoms with Gasteiger partial charge in [0.2, 0.25) is 5.89 Å². The van der Waals surface area contributed by atoms with Crippen LogP contribution in [0.4, 0.5) is 23.7 Å². The van der Waals surface area contributed by atoms with E-state index in [1.165, 1.54) is 17.0 Å². The van der Waals surface area contributed by atoms with Crippen molar-refractivity contribution in [3.8, 4) is 22.6 Å². The number of urea groups is 1. The quantitative estimate of drug-likeness (QED) is 0.344. The fourth-order valence-corrected chi connectivity index (χ4v) is 4.22. The number of nitrogens with zero attached hydrogens (tertiary/aromatic N) is 6. The van der Waals surface area contributed by atoms with Crippen LogP contribution in [0.1, 0.15) is 17.9 Å². The summed E-state index contributed by atoms with van der Waals surface area (Å²) in [5.74, 6) is -1.66. The first-order valence-corrected chi connectivity index (χ1v) is 12.0. The van der Waals surface area contributed by atoms with Gasteiger partial charge >= 0.3 is 12.5 Å². The fraction of sp³-hybridized carbons (Fsp3) is 0.259. The van der Waals surface area contributed by atoms with E-state index in [0.29, 0.717) is 18.8 Å². The number of benzene rings is 2. The van der Waals surface area contributed by atoms with Crippen molar-refractivity contribution in [3.05, 3.63) is 84.3 Å². The van der Waals surface area contributed by atoms with Crippen LogP contribution in [0.25, 0.3) is 22.6 Å². The Kier molecular flexibility index (Phi) is 7.36. The number of pyridine rings is 1. The standard InChI is InChI=1S/C27H25F3N6O2/c1-34-11-13-35(14-12-34)27(37)36(22-8-6-18(7-9-22)20-3-2-10-31-16-20)17-21-5-4-19(15-23(21)28)25-32-33-26(38-25)24(29)30/h2-10,15-16,24H,11-14,17H2,1H3. The van der Waals surface area contributed by atoms with Gasteiger partial charge in [0, 0.05) is 55.4 Å². The van der Waals surface area contributed by atoms with Gasteiger partial charge in [0.25, 0.3) is 5.89 Å². The molecule has 1 aliphatic heterocycles. The highest BCUT2D eigenvalue weighted by Crippen LogP contribution is 2.28. The first kappa shape index (κ1) is 25.4. The maximum atomic E-state index is 15.2. The molecule has 1 saturated heterocycles. The van der Waals surface area contributed by atoms with Gasteiger partial charge in [0.15, 0.2) is 0 Å². The molecule has 0 unspecified atom stereocenters. The molecule has 0 radical (unpaired) electrons. The third-order valence-corrected chi connectivity index (χ3v) is 6.43. The molecule has 38 heavy (non-hydrogen) atoms. The summed E-state index contributed by atoms with van der Waals surface area (Å²) in [6.45, 7) is 2.58. The minimum Gasteiger partial charge on any atom is -0.415 e. The first-order chi connectivity index (χ1) is 18.4. The van der Waals surface area contributed by atoms with Gasteiger partial charge in [0.1, 0.15) is 5.82 Å². The van der Waals surface area contributed by atoms with Crippen molar-refractivity contribution in [3.63, 3.8) is 0 Å². The van der Waals surface area contributed by atoms with Crippen LogP contribution in [0.2, 0.25) is 0 Å². The van der Waals surface area contributed by atoms with E-state index in [1.54, 1.807) is 17.3 Å². The Morgan fingerprint density at radius 2 is 1.74 bits per heavy atom. The summed E-state index contributed by atoms with van der Waals surface area (Å²) in [6.07, 6.45) is 0.538. The van der Waals surface area contributed by atoms with Crippen molar-refractivity contribution in [2.45, 2.75) is 13.0 Å². The van der Waals surface area contributed by atoms with Crippen LogP contribution in [-0.2, 0) is 6.54 Å². The maximum absolute atomic E-state index is 15.2. The minimum absolute atomic E-state index is 0.0321. The third kappa shape index (κ3) is 5.52. The second-order valence-corrected chi connectivity index (χ2v) is 9.00. The van der Waals surface area contributed by atoms with E-state index in [9.17, 15) is 13.6 Å². The van der Waals surface area contributed by atoms with Gasteiger partial charge < -0.3 is 14.2 Å². The number of alkyl halides is 2. The third-order valence-electron chi connectivity index (χ3n) is 6.43. The molecule has 196 valence electrons. The number of likely N-dealkylation sites (N-methyl/N-ethyl adjacent to an activating group) is 1. The SMILES string of the molecule is CN1CCN(C(=O)N(Cc2ccc(-c3nnc(C(F)F)o3)cc2F)c2ccc(-c3cccnc3)cc2)CC1. The van der Waals surface area contributed by atoms with E-state index in [0.717, 1.165) is 30.3 Å². The number of amides is 2. The second kappa shape index (κ2) is 11.0. The Morgan fingerprint density at radius 1 is 1.00 bits per heavy atom. The first-order valence-electron chi connectivity index (χ1n) is 12.0. The monoisotopic (exact) mass is 522 g/mol. The van der Waals surface area contributed by atoms with E-state index < -0.39 is 18.1 Å². The highest BCUT2D eigenvalue weighted by atomic mass is 19.3. The molecule has 3 heterocycles. The predicted octanol–water partition coefficient (Wildman–Crippen LogP) is 5.25. The van der Waals surface area contributed by atoms with Crippen LogP contribution in [0.5, 0.6) is 0 Å². The summed E-state index contributed by atoms with van der Waals surface area (Å²) >= 11 is 0. The van der Waals surface area contributed by atoms with E-state index in [-0.39, 0.29) is 29.6 Å². The van der Waals surface area contributed by atoms with Gasteiger partial charge in [-0.15, -0.1) is 10.2 Å². The molecule has 1 aliphatic rings. The zero-order chi connectivity index (χ0) is 26.6. The van der Waals surface area contributed by atoms with E-state index in [4.69, 9.17) is 4.42 Å². The average molecular weight is 523 g/mol. The van der Waals surface area contributed by atoms with Gasteiger partial charge in [-0.25, -0.2) is 9.18 Å². The van der Waals surface area contributed by atoms with Gasteiger partial charge in [-0.1, -0.05) is 24.3 Å². The molecule has 0 aliphatic carbocycles. The van der Waals surface area contributed by atoms with Gasteiger partial charge in [-0.05, 0) is 48.5 Å². The number of carbonyl (C=O) groups is 1. The summed E-state index contributed by atoms with van der Waals surface area (Å²) in [5.41, 5.74) is 2.91. The molecule has 2 aromatic carbocycles. The summed E-state index contributed by atoms with van der Waals surface area (Å²) in [6, 6.07) is 15.1. The van der Waals surface area contributed by atoms with Gasteiger partial charge in [-0.2, -0.15) is 8.78 Å². The number of hydrogen-bond donors (Lipinski definition) is 0. The smallest absolute Gasteiger partial charge is 0.324 e. The molecule has 2 amide bonds. The highest BCUT2D eigenvalue weighted by Gasteiger charge is 2.26. The lowest BCUT2D eigenvalue weighted by Crippen LogP contribution is -2.52. The van der Waals surface area contributed by atoms with Crippen LogP contribution in [0, 0.1) is 5.82 Å². The fourth-order valence-electron chi connectivity index (χ4n) is 4.22. The van der Waals surface area contributed by atoms with Crippen LogP contribution in [0.15, 0.2) is 71.4 Å². The molecular formula is C27H25F3N6O2. The van der Waals surface area contributed by atoms with Crippen molar-refractivity contribution in [2.24, 2.45) is 0 Å². The summed E-state index contributed by atoms with van der Waals surface area (Å²) in [4.78, 5) is 23.2. The summed E-state index contributed by atoms with van der Waals surface area (Å²) in [7, 11) is 2.00. The summed E-state index contributed by atoms with van der Waals surface area (Å²) in [5, 5.41) is 6.86. The lowest BCUT2D eigenvalue weighted by Gasteiger charge is -2.36. The maximum Gasteiger partial charge on any atom is 0.324 e. The molecule has 2 aromatic heterocycles. The number of halogens is 3. The number of carbonyl (C=O) groups excluding carboxylic acids is 1. The van der Waals surface area contributed by atoms with Crippen LogP contribution >= 0.6 is 0 Å². The van der Waals surface area contributed by atoms with Crippen molar-refractivity contribution in [2.75, 3.05) is 38.1 Å². The Bertz CT molecular complexity index is 1390. The molecule has 1 fully saturated rings. The molecule has 8 nitrogen and oxygen atoms in total. The van der Waals surface area contributed by atoms with Crippen molar-refractivity contribution in [1.29, 1.82) is 0 Å². The number of anilines is 1. The zero-order valence-corrected chi connectivity index (χ0v) is 20.6. The number of hydrogen-bond acceptors (Lipinski definition) is 6. The Balaban J connectivity index is 1.42. The minimum atomic E-state index is -2.92. The predicted molar refractivity (Wildman–Crippen MR) is 135 cm³/mol. The molecule has 0 bridgehead atoms. The number of rotatable bonds is 6. The van der Waals surface area contributed by atoms with Crippen LogP contribution < -0.4 is 4.90 Å². The van der Waals surface area contributed by atoms with E-state index >= 15 is 4.39 Å². The Hall–Kier alpha value is -4.25. The van der Waals surface area contributed by atoms with Crippen molar-refractivity contribution in [1.82, 2.24) is 25.0 Å². The van der Waals surface area contributed by atoms with Gasteiger partial charge in [0.05, 0.1) is 6.54 Å². The average Bonchev–Trinajstić information content (AvgIpc) is 3.44. The normalized spacial score (nSPS) is 14.2. The Morgan fingerprint density at radius 3 is 2.37 bits per heavy atom. The van der Waals surface area contributed by atoms with Crippen molar-refractivity contribution < 1.29 is 22.4 Å². The lowest BCUT2D eigenvalue weighted by molar-refractivity contribution is 0.116. The van der Waals surface area contributed by atoms with E-state index in [1.807, 2.05) is 43.4 Å². The Labute approximate surface area is 217 Å². The molecular weight excluding hydrogens is 497 g/mol. The van der Waals surface area contributed by atoms with Crippen molar-refractivity contribution >= 4 is 11.7 Å². The molecule has 0 spiro atoms. The molecule has 4 aromatic rings. The lowest BCUT2D eigenvalue weighted by atomic mass is 10.1. The molecule has 11 heteroatoms. The second-order valence-electron chi connectivity index (χ2n) is 9.00.